The highest BCUT2D eigenvalue weighted by atomic mass is 35.6. The molecule has 0 aromatic carbocycles. The number of aliphatic hydroxyl groups excluding tert-OH is 1. The average molecular weight is 1050 g/mol. The molecule has 252 valence electrons. The summed E-state index contributed by atoms with van der Waals surface area (Å²) in [5, 5.41) is 10.0. The molecule has 0 unspecified atom stereocenters. The van der Waals surface area contributed by atoms with Crippen LogP contribution in [0.4, 0.5) is 0 Å². The summed E-state index contributed by atoms with van der Waals surface area (Å²) in [5.74, 6) is 0. The number of hydrogen-bond acceptors (Lipinski definition) is 1. The fourth-order valence-electron chi connectivity index (χ4n) is 0. The minimum absolute atomic E-state index is 0.164. The van der Waals surface area contributed by atoms with E-state index in [-0.39, 0.29) is 65.3 Å². The van der Waals surface area contributed by atoms with E-state index in [4.69, 9.17) is 284 Å². The molecule has 38 heavy (non-hydrogen) atoms. The van der Waals surface area contributed by atoms with Crippen LogP contribution in [0.5, 0.6) is 0 Å². The SMILES string of the molecule is ClCCl.ClCCl.ClCCl.ClCCl.ClCCl.ClCCl.ClCCl.ClCCl.ClCCl.ClCCl.ClCCl.OCC(Cl)Cl. The molecular formula is C13H26Cl24O. The van der Waals surface area contributed by atoms with E-state index in [2.05, 4.69) is 0 Å². The lowest BCUT2D eigenvalue weighted by molar-refractivity contribution is 0.313. The summed E-state index contributed by atoms with van der Waals surface area (Å²) < 4.78 is 0. The molecule has 0 aromatic heterocycles. The van der Waals surface area contributed by atoms with E-state index in [9.17, 15) is 0 Å². The van der Waals surface area contributed by atoms with E-state index >= 15 is 0 Å². The fourth-order valence-corrected chi connectivity index (χ4v) is 0. The van der Waals surface area contributed by atoms with Crippen molar-refractivity contribution < 1.29 is 5.11 Å². The summed E-state index contributed by atoms with van der Waals surface area (Å²) in [6.07, 6.45) is 0. The number of hydrogen-bond donors (Lipinski definition) is 1. The highest BCUT2D eigenvalue weighted by Crippen LogP contribution is 1.96. The van der Waals surface area contributed by atoms with E-state index in [1.807, 2.05) is 0 Å². The van der Waals surface area contributed by atoms with Crippen LogP contribution in [0, 0.1) is 0 Å². The Morgan fingerprint density at radius 1 is 0.263 bits per heavy atom. The smallest absolute Gasteiger partial charge is 0.130 e. The molecule has 0 amide bonds. The van der Waals surface area contributed by atoms with Crippen molar-refractivity contribution in [3.05, 3.63) is 0 Å². The standard InChI is InChI=1S/C2H4Cl2O.11CH2Cl2/c3-2(4)1-5;11*2-1-3/h2,5H,1H2;11*1H2. The molecule has 0 spiro atoms. The quantitative estimate of drug-likeness (QED) is 0.260. The van der Waals surface area contributed by atoms with Gasteiger partial charge in [-0.3, -0.25) is 0 Å². The Kier molecular flexibility index (Phi) is 354. The highest BCUT2D eigenvalue weighted by molar-refractivity contribution is 6.45. The van der Waals surface area contributed by atoms with E-state index in [1.54, 1.807) is 0 Å². The molecule has 0 aromatic rings. The molecular weight excluding hydrogens is 1020 g/mol. The molecule has 0 bridgehead atoms. The van der Waals surface area contributed by atoms with Crippen LogP contribution in [0.3, 0.4) is 0 Å². The molecule has 1 nitrogen and oxygen atoms in total. The first-order valence-electron chi connectivity index (χ1n) is 7.04. The van der Waals surface area contributed by atoms with Crippen molar-refractivity contribution >= 4 is 278 Å². The number of rotatable bonds is 1. The van der Waals surface area contributed by atoms with Crippen molar-refractivity contribution in [2.75, 3.05) is 65.3 Å². The lowest BCUT2D eigenvalue weighted by atomic mass is 10.9. The van der Waals surface area contributed by atoms with Gasteiger partial charge < -0.3 is 5.11 Å². The van der Waals surface area contributed by atoms with Crippen molar-refractivity contribution in [1.82, 2.24) is 0 Å². The Hall–Kier alpha value is 6.92. The van der Waals surface area contributed by atoms with Crippen molar-refractivity contribution in [2.45, 2.75) is 4.84 Å². The van der Waals surface area contributed by atoms with Gasteiger partial charge in [-0.1, -0.05) is 0 Å². The van der Waals surface area contributed by atoms with Gasteiger partial charge in [-0.15, -0.1) is 278 Å². The maximum absolute atomic E-state index is 7.88. The molecule has 0 aliphatic carbocycles. The predicted molar refractivity (Wildman–Crippen MR) is 205 cm³/mol. The molecule has 0 rings (SSSR count). The lowest BCUT2D eigenvalue weighted by Gasteiger charge is -1.84. The first-order chi connectivity index (χ1) is 17.8. The summed E-state index contributed by atoms with van der Waals surface area (Å²) in [4.78, 5) is -0.616. The molecule has 0 saturated heterocycles. The second kappa shape index (κ2) is 168. The van der Waals surface area contributed by atoms with Crippen molar-refractivity contribution in [1.29, 1.82) is 0 Å². The Morgan fingerprint density at radius 2 is 0.289 bits per heavy atom. The zero-order valence-corrected chi connectivity index (χ0v) is 36.7. The van der Waals surface area contributed by atoms with Crippen LogP contribution in [0.1, 0.15) is 0 Å². The van der Waals surface area contributed by atoms with E-state index in [0.717, 1.165) is 0 Å². The van der Waals surface area contributed by atoms with Gasteiger partial charge in [-0.05, 0) is 0 Å². The Balaban J connectivity index is -0.0000000195. The van der Waals surface area contributed by atoms with Gasteiger partial charge in [0.15, 0.2) is 0 Å². The second-order valence-electron chi connectivity index (χ2n) is 1.68. The molecule has 0 heterocycles. The van der Waals surface area contributed by atoms with Crippen molar-refractivity contribution in [2.24, 2.45) is 0 Å². The zero-order valence-electron chi connectivity index (χ0n) is 18.6. The topological polar surface area (TPSA) is 20.2 Å². The van der Waals surface area contributed by atoms with E-state index in [1.165, 1.54) is 0 Å². The highest BCUT2D eigenvalue weighted by Gasteiger charge is 1.88. The first-order valence-corrected chi connectivity index (χ1v) is 19.7. The predicted octanol–water partition coefficient (Wildman–Crippen LogP) is 16.4. The van der Waals surface area contributed by atoms with Crippen LogP contribution in [0.2, 0.25) is 0 Å². The minimum Gasteiger partial charge on any atom is -0.394 e. The van der Waals surface area contributed by atoms with Gasteiger partial charge in [0.25, 0.3) is 0 Å². The molecule has 0 saturated carbocycles. The fraction of sp³-hybridized carbons (Fsp3) is 1.00. The van der Waals surface area contributed by atoms with Gasteiger partial charge >= 0.3 is 0 Å². The molecule has 0 radical (unpaired) electrons. The average Bonchev–Trinajstić information content (AvgIpc) is 2.80. The van der Waals surface area contributed by atoms with Gasteiger partial charge in [0, 0.05) is 0 Å². The summed E-state index contributed by atoms with van der Waals surface area (Å²) >= 11 is 115. The second-order valence-corrected chi connectivity index (χ2v) is 11.9. The van der Waals surface area contributed by atoms with Gasteiger partial charge in [0.2, 0.25) is 0 Å². The Labute approximate surface area is 348 Å². The molecule has 0 atom stereocenters. The maximum Gasteiger partial charge on any atom is 0.130 e. The number of halogens is 24. The Morgan fingerprint density at radius 3 is 0.289 bits per heavy atom. The van der Waals surface area contributed by atoms with Gasteiger partial charge in [-0.2, -0.15) is 0 Å². The molecule has 0 fully saturated rings. The molecule has 25 heteroatoms. The minimum atomic E-state index is -0.616. The number of aliphatic hydroxyl groups is 1. The molecule has 1 N–H and O–H groups in total. The van der Waals surface area contributed by atoms with Gasteiger partial charge in [0.1, 0.15) is 4.84 Å². The summed E-state index contributed by atoms with van der Waals surface area (Å²) in [7, 11) is 0. The van der Waals surface area contributed by atoms with Gasteiger partial charge in [0.05, 0.1) is 65.3 Å². The van der Waals surface area contributed by atoms with Crippen molar-refractivity contribution in [3.63, 3.8) is 0 Å². The van der Waals surface area contributed by atoms with E-state index in [0.29, 0.717) is 0 Å². The summed E-state index contributed by atoms with van der Waals surface area (Å²) in [6, 6.07) is 0. The Bertz CT molecular complexity index is 118. The monoisotopic (exact) mass is 1040 g/mol. The third-order valence-electron chi connectivity index (χ3n) is 0.138. The molecule has 0 aliphatic heterocycles. The van der Waals surface area contributed by atoms with Gasteiger partial charge in [-0.25, -0.2) is 0 Å². The third-order valence-corrected chi connectivity index (χ3v) is 0.414. The van der Waals surface area contributed by atoms with Crippen LogP contribution in [-0.2, 0) is 0 Å². The van der Waals surface area contributed by atoms with Crippen LogP contribution in [-0.4, -0.2) is 75.3 Å². The van der Waals surface area contributed by atoms with Crippen LogP contribution in [0.15, 0.2) is 0 Å². The van der Waals surface area contributed by atoms with E-state index < -0.39 is 4.84 Å². The lowest BCUT2D eigenvalue weighted by Crippen LogP contribution is -1.90. The van der Waals surface area contributed by atoms with Crippen molar-refractivity contribution in [3.8, 4) is 0 Å². The van der Waals surface area contributed by atoms with Crippen LogP contribution >= 0.6 is 278 Å². The van der Waals surface area contributed by atoms with Crippen LogP contribution < -0.4 is 0 Å². The maximum atomic E-state index is 7.88. The normalized spacial score (nSPS) is 6.47. The third kappa shape index (κ3) is 948. The largest absolute Gasteiger partial charge is 0.394 e. The molecule has 0 aliphatic rings. The zero-order chi connectivity index (χ0) is 34.1. The first kappa shape index (κ1) is 80.0. The summed E-state index contributed by atoms with van der Waals surface area (Å²) in [5.41, 5.74) is 0. The number of alkyl halides is 24. The summed E-state index contributed by atoms with van der Waals surface area (Å²) in [6.45, 7) is -0.164. The van der Waals surface area contributed by atoms with Crippen LogP contribution in [0.25, 0.3) is 0 Å².